The van der Waals surface area contributed by atoms with Gasteiger partial charge in [-0.1, -0.05) is 18.2 Å². The smallest absolute Gasteiger partial charge is 0.225 e. The number of benzene rings is 1. The molecule has 1 aliphatic carbocycles. The standard InChI is InChI=1S/C23H26N6O/c1-28(2)23(30)15-9-7-14(8-10-15)22-27-19(20-21(24)25-11-12-29(20)22)18-13-16-5-3-4-6-17(16)26-18/h3-6,11-15,26H,7-10H2,1-2H3,(H2,24,25)/t14-,15-. The number of nitrogen functional groups attached to an aromatic ring is 1. The number of hydrogen-bond acceptors (Lipinski definition) is 4. The van der Waals surface area contributed by atoms with Crippen LogP contribution in [-0.2, 0) is 4.79 Å². The second kappa shape index (κ2) is 7.16. The van der Waals surface area contributed by atoms with Crippen LogP contribution in [0.25, 0.3) is 27.8 Å². The fourth-order valence-corrected chi connectivity index (χ4v) is 4.73. The molecule has 0 atom stereocenters. The summed E-state index contributed by atoms with van der Waals surface area (Å²) in [5, 5.41) is 1.14. The third-order valence-corrected chi connectivity index (χ3v) is 6.28. The predicted octanol–water partition coefficient (Wildman–Crippen LogP) is 3.82. The normalized spacial score (nSPS) is 19.4. The van der Waals surface area contributed by atoms with Crippen molar-refractivity contribution in [3.8, 4) is 11.4 Å². The maximum atomic E-state index is 12.3. The molecule has 7 nitrogen and oxygen atoms in total. The maximum absolute atomic E-state index is 12.3. The van der Waals surface area contributed by atoms with Crippen LogP contribution in [-0.4, -0.2) is 44.3 Å². The molecule has 1 aromatic carbocycles. The monoisotopic (exact) mass is 402 g/mol. The molecule has 1 amide bonds. The Morgan fingerprint density at radius 1 is 1.20 bits per heavy atom. The molecule has 1 fully saturated rings. The van der Waals surface area contributed by atoms with Crippen LogP contribution in [0.2, 0.25) is 0 Å². The second-order valence-corrected chi connectivity index (χ2v) is 8.40. The number of carbonyl (C=O) groups excluding carboxylic acids is 1. The molecule has 5 rings (SSSR count). The fourth-order valence-electron chi connectivity index (χ4n) is 4.73. The van der Waals surface area contributed by atoms with E-state index < -0.39 is 0 Å². The van der Waals surface area contributed by atoms with Gasteiger partial charge in [-0.15, -0.1) is 0 Å². The molecule has 0 bridgehead atoms. The number of aromatic amines is 1. The van der Waals surface area contributed by atoms with Crippen LogP contribution in [0.1, 0.15) is 37.4 Å². The molecular weight excluding hydrogens is 376 g/mol. The molecule has 1 saturated carbocycles. The molecular formula is C23H26N6O. The van der Waals surface area contributed by atoms with Crippen molar-refractivity contribution in [2.24, 2.45) is 5.92 Å². The third kappa shape index (κ3) is 3.01. The van der Waals surface area contributed by atoms with E-state index in [1.54, 1.807) is 11.1 Å². The molecule has 3 N–H and O–H groups in total. The summed E-state index contributed by atoms with van der Waals surface area (Å²) in [6, 6.07) is 10.3. The highest BCUT2D eigenvalue weighted by Crippen LogP contribution is 2.39. The van der Waals surface area contributed by atoms with E-state index in [0.717, 1.165) is 59.3 Å². The van der Waals surface area contributed by atoms with Crippen LogP contribution >= 0.6 is 0 Å². The van der Waals surface area contributed by atoms with Gasteiger partial charge in [0.1, 0.15) is 22.9 Å². The van der Waals surface area contributed by atoms with Crippen LogP contribution in [0, 0.1) is 5.92 Å². The molecule has 0 aliphatic heterocycles. The first kappa shape index (κ1) is 18.7. The number of nitrogens with one attached hydrogen (secondary N) is 1. The van der Waals surface area contributed by atoms with Gasteiger partial charge in [-0.05, 0) is 37.8 Å². The molecule has 3 heterocycles. The van der Waals surface area contributed by atoms with E-state index in [4.69, 9.17) is 10.7 Å². The first-order valence-electron chi connectivity index (χ1n) is 10.4. The SMILES string of the molecule is CN(C)C(=O)[C@H]1CC[C@H](c2nc(-c3cc4ccccc4[nH]3)c3c(N)nccn32)CC1. The van der Waals surface area contributed by atoms with Crippen molar-refractivity contribution in [3.63, 3.8) is 0 Å². The number of H-pyrrole nitrogens is 1. The number of aromatic nitrogens is 4. The topological polar surface area (TPSA) is 92.3 Å². The van der Waals surface area contributed by atoms with Gasteiger partial charge >= 0.3 is 0 Å². The highest BCUT2D eigenvalue weighted by atomic mass is 16.2. The van der Waals surface area contributed by atoms with Crippen molar-refractivity contribution in [3.05, 3.63) is 48.5 Å². The Hall–Kier alpha value is -3.35. The summed E-state index contributed by atoms with van der Waals surface area (Å²) in [4.78, 5) is 26.9. The summed E-state index contributed by atoms with van der Waals surface area (Å²) in [5.74, 6) is 2.12. The molecule has 1 aliphatic rings. The van der Waals surface area contributed by atoms with Gasteiger partial charge < -0.3 is 15.6 Å². The van der Waals surface area contributed by atoms with E-state index in [-0.39, 0.29) is 11.8 Å². The molecule has 7 heteroatoms. The van der Waals surface area contributed by atoms with Gasteiger partial charge in [0.25, 0.3) is 0 Å². The molecule has 0 saturated heterocycles. The molecule has 3 aromatic heterocycles. The number of imidazole rings is 1. The lowest BCUT2D eigenvalue weighted by Gasteiger charge is -2.28. The van der Waals surface area contributed by atoms with E-state index in [0.29, 0.717) is 11.7 Å². The zero-order valence-corrected chi connectivity index (χ0v) is 17.3. The number of carbonyl (C=O) groups is 1. The number of nitrogens with zero attached hydrogens (tertiary/aromatic N) is 4. The Labute approximate surface area is 174 Å². The lowest BCUT2D eigenvalue weighted by atomic mass is 9.81. The Morgan fingerprint density at radius 3 is 2.70 bits per heavy atom. The lowest BCUT2D eigenvalue weighted by molar-refractivity contribution is -0.134. The summed E-state index contributed by atoms with van der Waals surface area (Å²) in [7, 11) is 3.66. The summed E-state index contributed by atoms with van der Waals surface area (Å²) in [5.41, 5.74) is 9.97. The Bertz CT molecular complexity index is 1200. The number of anilines is 1. The second-order valence-electron chi connectivity index (χ2n) is 8.40. The average molecular weight is 403 g/mol. The van der Waals surface area contributed by atoms with Crippen LogP contribution in [0.15, 0.2) is 42.7 Å². The number of nitrogens with two attached hydrogens (primary N) is 1. The number of para-hydroxylation sites is 1. The minimum atomic E-state index is 0.113. The van der Waals surface area contributed by atoms with E-state index in [1.165, 1.54) is 0 Å². The van der Waals surface area contributed by atoms with Gasteiger partial charge in [0.15, 0.2) is 0 Å². The van der Waals surface area contributed by atoms with Crippen LogP contribution < -0.4 is 5.73 Å². The van der Waals surface area contributed by atoms with Gasteiger partial charge in [-0.25, -0.2) is 9.97 Å². The van der Waals surface area contributed by atoms with Crippen molar-refractivity contribution in [2.75, 3.05) is 19.8 Å². The minimum Gasteiger partial charge on any atom is -0.382 e. The van der Waals surface area contributed by atoms with E-state index in [9.17, 15) is 4.79 Å². The fraction of sp³-hybridized carbons (Fsp3) is 0.348. The largest absolute Gasteiger partial charge is 0.382 e. The van der Waals surface area contributed by atoms with Crippen molar-refractivity contribution in [1.82, 2.24) is 24.3 Å². The zero-order valence-electron chi connectivity index (χ0n) is 17.3. The molecule has 0 radical (unpaired) electrons. The van der Waals surface area contributed by atoms with E-state index in [2.05, 4.69) is 32.6 Å². The Morgan fingerprint density at radius 2 is 1.97 bits per heavy atom. The van der Waals surface area contributed by atoms with Gasteiger partial charge in [0.05, 0.1) is 5.69 Å². The Kier molecular flexibility index (Phi) is 4.46. The maximum Gasteiger partial charge on any atom is 0.225 e. The first-order chi connectivity index (χ1) is 14.5. The minimum absolute atomic E-state index is 0.113. The molecule has 0 unspecified atom stereocenters. The number of rotatable bonds is 3. The lowest BCUT2D eigenvalue weighted by Crippen LogP contribution is -2.32. The number of hydrogen-bond donors (Lipinski definition) is 2. The average Bonchev–Trinajstić information content (AvgIpc) is 3.35. The highest BCUT2D eigenvalue weighted by molar-refractivity contribution is 5.91. The van der Waals surface area contributed by atoms with Gasteiger partial charge in [0, 0.05) is 49.2 Å². The van der Waals surface area contributed by atoms with Crippen LogP contribution in [0.3, 0.4) is 0 Å². The summed E-state index contributed by atoms with van der Waals surface area (Å²) >= 11 is 0. The quantitative estimate of drug-likeness (QED) is 0.545. The molecule has 154 valence electrons. The van der Waals surface area contributed by atoms with Crippen molar-refractivity contribution in [1.29, 1.82) is 0 Å². The Balaban J connectivity index is 1.54. The van der Waals surface area contributed by atoms with Crippen LogP contribution in [0.5, 0.6) is 0 Å². The van der Waals surface area contributed by atoms with Crippen molar-refractivity contribution >= 4 is 28.1 Å². The number of amides is 1. The molecule has 4 aromatic rings. The van der Waals surface area contributed by atoms with E-state index in [1.807, 2.05) is 32.4 Å². The van der Waals surface area contributed by atoms with Crippen LogP contribution in [0.4, 0.5) is 5.82 Å². The first-order valence-corrected chi connectivity index (χ1v) is 10.4. The third-order valence-electron chi connectivity index (χ3n) is 6.28. The summed E-state index contributed by atoms with van der Waals surface area (Å²) < 4.78 is 2.09. The molecule has 30 heavy (non-hydrogen) atoms. The van der Waals surface area contributed by atoms with E-state index >= 15 is 0 Å². The molecule has 0 spiro atoms. The zero-order chi connectivity index (χ0) is 20.8. The van der Waals surface area contributed by atoms with Crippen molar-refractivity contribution < 1.29 is 4.79 Å². The van der Waals surface area contributed by atoms with Crippen molar-refractivity contribution in [2.45, 2.75) is 31.6 Å². The summed E-state index contributed by atoms with van der Waals surface area (Å²) in [6.07, 6.45) is 7.33. The predicted molar refractivity (Wildman–Crippen MR) is 118 cm³/mol. The van der Waals surface area contributed by atoms with Gasteiger partial charge in [0.2, 0.25) is 5.91 Å². The summed E-state index contributed by atoms with van der Waals surface area (Å²) in [6.45, 7) is 0. The number of fused-ring (bicyclic) bond motifs is 2. The highest BCUT2D eigenvalue weighted by Gasteiger charge is 2.31. The van der Waals surface area contributed by atoms with Gasteiger partial charge in [-0.2, -0.15) is 0 Å². The van der Waals surface area contributed by atoms with Gasteiger partial charge in [-0.3, -0.25) is 9.20 Å².